The van der Waals surface area contributed by atoms with E-state index in [0.717, 1.165) is 12.8 Å². The van der Waals surface area contributed by atoms with Crippen molar-refractivity contribution in [3.63, 3.8) is 0 Å². The molecule has 1 amide bonds. The first kappa shape index (κ1) is 15.7. The molecule has 0 fully saturated rings. The van der Waals surface area contributed by atoms with E-state index in [1.165, 1.54) is 0 Å². The molecule has 0 spiro atoms. The second-order valence-corrected chi connectivity index (χ2v) is 4.61. The fourth-order valence-electron chi connectivity index (χ4n) is 2.36. The van der Waals surface area contributed by atoms with Crippen LogP contribution in [-0.4, -0.2) is 40.3 Å². The minimum Gasteiger partial charge on any atom is -0.395 e. The van der Waals surface area contributed by atoms with Crippen LogP contribution in [0.1, 0.15) is 55.4 Å². The molecule has 1 heterocycles. The number of carbonyl (C=O) groups excluding carboxylic acids is 1. The lowest BCUT2D eigenvalue weighted by Crippen LogP contribution is -2.42. The van der Waals surface area contributed by atoms with Gasteiger partial charge >= 0.3 is 0 Å². The van der Waals surface area contributed by atoms with Gasteiger partial charge in [0.15, 0.2) is 0 Å². The van der Waals surface area contributed by atoms with Gasteiger partial charge in [-0.2, -0.15) is 0 Å². The number of amides is 1. The Labute approximate surface area is 114 Å². The maximum atomic E-state index is 12.7. The third-order valence-electron chi connectivity index (χ3n) is 3.47. The number of carbonyl (C=O) groups is 1. The largest absolute Gasteiger partial charge is 0.395 e. The van der Waals surface area contributed by atoms with E-state index in [9.17, 15) is 9.90 Å². The fourth-order valence-corrected chi connectivity index (χ4v) is 2.36. The van der Waals surface area contributed by atoms with Gasteiger partial charge in [0, 0.05) is 12.6 Å². The summed E-state index contributed by atoms with van der Waals surface area (Å²) in [6, 6.07) is 0.138. The van der Waals surface area contributed by atoms with E-state index in [1.54, 1.807) is 11.8 Å². The standard InChI is InChI=1S/C14H24N2O3/c1-5-11(6-2)16(8-9-17)14(18)13-10(4)19-15-12(13)7-3/h11,17H,5-9H2,1-4H3. The Kier molecular flexibility index (Phi) is 6.02. The SMILES string of the molecule is CCc1noc(C)c1C(=O)N(CCO)C(CC)CC. The Morgan fingerprint density at radius 2 is 2.00 bits per heavy atom. The molecule has 0 aliphatic carbocycles. The molecular weight excluding hydrogens is 244 g/mol. The average Bonchev–Trinajstić information content (AvgIpc) is 2.79. The monoisotopic (exact) mass is 268 g/mol. The van der Waals surface area contributed by atoms with Gasteiger partial charge in [-0.3, -0.25) is 4.79 Å². The zero-order chi connectivity index (χ0) is 14.4. The van der Waals surface area contributed by atoms with Crippen molar-refractivity contribution >= 4 is 5.91 Å². The van der Waals surface area contributed by atoms with Crippen molar-refractivity contribution in [2.75, 3.05) is 13.2 Å². The molecule has 19 heavy (non-hydrogen) atoms. The van der Waals surface area contributed by atoms with Crippen LogP contribution in [-0.2, 0) is 6.42 Å². The van der Waals surface area contributed by atoms with Gasteiger partial charge in [0.25, 0.3) is 5.91 Å². The molecule has 0 saturated heterocycles. The van der Waals surface area contributed by atoms with E-state index < -0.39 is 0 Å². The van der Waals surface area contributed by atoms with E-state index in [2.05, 4.69) is 5.16 Å². The highest BCUT2D eigenvalue weighted by Gasteiger charge is 2.27. The number of aliphatic hydroxyl groups is 1. The summed E-state index contributed by atoms with van der Waals surface area (Å²) >= 11 is 0. The van der Waals surface area contributed by atoms with Crippen LogP contribution in [0.5, 0.6) is 0 Å². The molecule has 1 N–H and O–H groups in total. The van der Waals surface area contributed by atoms with E-state index in [1.807, 2.05) is 20.8 Å². The van der Waals surface area contributed by atoms with Crippen LogP contribution >= 0.6 is 0 Å². The Bertz CT molecular complexity index is 411. The number of aryl methyl sites for hydroxylation is 2. The zero-order valence-corrected chi connectivity index (χ0v) is 12.3. The number of hydrogen-bond donors (Lipinski definition) is 1. The molecule has 1 rings (SSSR count). The minimum atomic E-state index is -0.0849. The van der Waals surface area contributed by atoms with Gasteiger partial charge in [0.1, 0.15) is 11.3 Å². The van der Waals surface area contributed by atoms with Crippen molar-refractivity contribution in [3.05, 3.63) is 17.0 Å². The Balaban J connectivity index is 3.08. The molecule has 0 unspecified atom stereocenters. The molecule has 0 saturated carbocycles. The molecule has 0 aliphatic heterocycles. The normalized spacial score (nSPS) is 11.1. The van der Waals surface area contributed by atoms with E-state index in [-0.39, 0.29) is 18.6 Å². The summed E-state index contributed by atoms with van der Waals surface area (Å²) in [4.78, 5) is 14.4. The lowest BCUT2D eigenvalue weighted by molar-refractivity contribution is 0.0619. The van der Waals surface area contributed by atoms with Crippen LogP contribution in [0.4, 0.5) is 0 Å². The van der Waals surface area contributed by atoms with Crippen LogP contribution in [0.3, 0.4) is 0 Å². The molecule has 0 radical (unpaired) electrons. The Morgan fingerprint density at radius 3 is 2.47 bits per heavy atom. The number of hydrogen-bond acceptors (Lipinski definition) is 4. The van der Waals surface area contributed by atoms with E-state index >= 15 is 0 Å². The highest BCUT2D eigenvalue weighted by molar-refractivity contribution is 5.96. The lowest BCUT2D eigenvalue weighted by atomic mass is 10.1. The Hall–Kier alpha value is -1.36. The second-order valence-electron chi connectivity index (χ2n) is 4.61. The molecule has 0 aliphatic rings. The van der Waals surface area contributed by atoms with Gasteiger partial charge in [0.2, 0.25) is 0 Å². The summed E-state index contributed by atoms with van der Waals surface area (Å²) in [7, 11) is 0. The molecule has 0 atom stereocenters. The highest BCUT2D eigenvalue weighted by Crippen LogP contribution is 2.19. The van der Waals surface area contributed by atoms with Gasteiger partial charge in [-0.05, 0) is 26.2 Å². The second kappa shape index (κ2) is 7.28. The average molecular weight is 268 g/mol. The van der Waals surface area contributed by atoms with Crippen molar-refractivity contribution in [2.45, 2.75) is 53.0 Å². The van der Waals surface area contributed by atoms with Crippen molar-refractivity contribution in [3.8, 4) is 0 Å². The first-order valence-electron chi connectivity index (χ1n) is 6.97. The number of rotatable bonds is 7. The number of nitrogens with zero attached hydrogens (tertiary/aromatic N) is 2. The van der Waals surface area contributed by atoms with Gasteiger partial charge in [-0.15, -0.1) is 0 Å². The maximum Gasteiger partial charge on any atom is 0.259 e. The zero-order valence-electron chi connectivity index (χ0n) is 12.3. The predicted molar refractivity (Wildman–Crippen MR) is 73.1 cm³/mol. The molecule has 1 aromatic rings. The number of aliphatic hydroxyl groups excluding tert-OH is 1. The highest BCUT2D eigenvalue weighted by atomic mass is 16.5. The molecule has 1 aromatic heterocycles. The number of aromatic nitrogens is 1. The fraction of sp³-hybridized carbons (Fsp3) is 0.714. The summed E-state index contributed by atoms with van der Waals surface area (Å²) in [6.45, 7) is 8.11. The van der Waals surface area contributed by atoms with Crippen LogP contribution in [0.2, 0.25) is 0 Å². The minimum absolute atomic E-state index is 0.0337. The molecule has 5 nitrogen and oxygen atoms in total. The van der Waals surface area contributed by atoms with Crippen LogP contribution in [0, 0.1) is 6.92 Å². The summed E-state index contributed by atoms with van der Waals surface area (Å²) in [5.41, 5.74) is 1.25. The first-order valence-corrected chi connectivity index (χ1v) is 6.97. The molecule has 0 aromatic carbocycles. The third-order valence-corrected chi connectivity index (χ3v) is 3.47. The maximum absolute atomic E-state index is 12.7. The summed E-state index contributed by atoms with van der Waals surface area (Å²) in [5.74, 6) is 0.467. The van der Waals surface area contributed by atoms with E-state index in [4.69, 9.17) is 4.52 Å². The molecular formula is C14H24N2O3. The van der Waals surface area contributed by atoms with Gasteiger partial charge in [-0.1, -0.05) is 25.9 Å². The van der Waals surface area contributed by atoms with Crippen molar-refractivity contribution in [1.29, 1.82) is 0 Å². The van der Waals surface area contributed by atoms with Gasteiger partial charge in [-0.25, -0.2) is 0 Å². The smallest absolute Gasteiger partial charge is 0.259 e. The summed E-state index contributed by atoms with van der Waals surface area (Å²) in [6.07, 6.45) is 2.40. The summed E-state index contributed by atoms with van der Waals surface area (Å²) < 4.78 is 5.12. The predicted octanol–water partition coefficient (Wildman–Crippen LogP) is 2.17. The quantitative estimate of drug-likeness (QED) is 0.823. The van der Waals surface area contributed by atoms with Crippen LogP contribution < -0.4 is 0 Å². The van der Waals surface area contributed by atoms with Crippen molar-refractivity contribution in [2.24, 2.45) is 0 Å². The third kappa shape index (κ3) is 3.35. The topological polar surface area (TPSA) is 66.6 Å². The summed E-state index contributed by atoms with van der Waals surface area (Å²) in [5, 5.41) is 13.1. The lowest BCUT2D eigenvalue weighted by Gasteiger charge is -2.30. The first-order chi connectivity index (χ1) is 9.10. The molecule has 108 valence electrons. The van der Waals surface area contributed by atoms with Gasteiger partial charge in [0.05, 0.1) is 12.3 Å². The van der Waals surface area contributed by atoms with E-state index in [0.29, 0.717) is 30.0 Å². The van der Waals surface area contributed by atoms with Crippen LogP contribution in [0.25, 0.3) is 0 Å². The van der Waals surface area contributed by atoms with Gasteiger partial charge < -0.3 is 14.5 Å². The van der Waals surface area contributed by atoms with Crippen molar-refractivity contribution in [1.82, 2.24) is 10.1 Å². The molecule has 5 heteroatoms. The van der Waals surface area contributed by atoms with Crippen molar-refractivity contribution < 1.29 is 14.4 Å². The Morgan fingerprint density at radius 1 is 1.37 bits per heavy atom. The van der Waals surface area contributed by atoms with Crippen LogP contribution in [0.15, 0.2) is 4.52 Å². The molecule has 0 bridgehead atoms.